The van der Waals surface area contributed by atoms with E-state index in [0.29, 0.717) is 25.9 Å². The van der Waals surface area contributed by atoms with Crippen LogP contribution in [0.3, 0.4) is 0 Å². The second-order valence-corrected chi connectivity index (χ2v) is 23.1. The molecule has 0 radical (unpaired) electrons. The van der Waals surface area contributed by atoms with Crippen LogP contribution in [0, 0.1) is 0 Å². The van der Waals surface area contributed by atoms with E-state index < -0.39 is 12.1 Å². The molecule has 0 bridgehead atoms. The minimum absolute atomic E-state index is 0.00901. The van der Waals surface area contributed by atoms with Gasteiger partial charge in [-0.05, 0) is 77.0 Å². The van der Waals surface area contributed by atoms with Gasteiger partial charge in [0, 0.05) is 12.8 Å². The molecule has 2 unspecified atom stereocenters. The van der Waals surface area contributed by atoms with Gasteiger partial charge >= 0.3 is 5.97 Å². The zero-order valence-electron chi connectivity index (χ0n) is 50.1. The summed E-state index contributed by atoms with van der Waals surface area (Å²) in [6.45, 7) is 4.97. The molecule has 0 fully saturated rings. The summed E-state index contributed by atoms with van der Waals surface area (Å²) in [7, 11) is 0. The largest absolute Gasteiger partial charge is 0.466 e. The van der Waals surface area contributed by atoms with Gasteiger partial charge in [0.05, 0.1) is 25.4 Å². The Kier molecular flexibility index (Phi) is 62.4. The predicted octanol–water partition coefficient (Wildman–Crippen LogP) is 21.4. The highest BCUT2D eigenvalue weighted by atomic mass is 16.5. The molecule has 2 atom stereocenters. The predicted molar refractivity (Wildman–Crippen MR) is 324 cm³/mol. The number of ether oxygens (including phenoxy) is 1. The van der Waals surface area contributed by atoms with E-state index in [9.17, 15) is 19.8 Å². The van der Waals surface area contributed by atoms with Crippen LogP contribution >= 0.6 is 0 Å². The minimum Gasteiger partial charge on any atom is -0.466 e. The smallest absolute Gasteiger partial charge is 0.305 e. The van der Waals surface area contributed by atoms with Crippen molar-refractivity contribution < 1.29 is 24.5 Å². The molecule has 438 valence electrons. The number of nitrogens with one attached hydrogen (secondary N) is 1. The van der Waals surface area contributed by atoms with Crippen LogP contribution in [0.25, 0.3) is 0 Å². The number of esters is 1. The van der Waals surface area contributed by atoms with Crippen LogP contribution < -0.4 is 5.32 Å². The number of hydrogen-bond acceptors (Lipinski definition) is 5. The third-order valence-corrected chi connectivity index (χ3v) is 15.7. The molecule has 0 aromatic carbocycles. The summed E-state index contributed by atoms with van der Waals surface area (Å²) in [4.78, 5) is 24.5. The Morgan fingerprint density at radius 1 is 0.365 bits per heavy atom. The number of amides is 1. The molecule has 0 saturated heterocycles. The SMILES string of the molecule is CCCCCCCC/C=C\CCCCCCCC(=O)OCCCCCCCCCCCCCC/C=C\CCCCCCCCCCCCCCCC(=O)NC(CO)C(O)CCCCCCCCCCCCCCC. The molecule has 6 heteroatoms. The normalized spacial score (nSPS) is 12.6. The van der Waals surface area contributed by atoms with Crippen LogP contribution in [0.5, 0.6) is 0 Å². The maximum Gasteiger partial charge on any atom is 0.305 e. The van der Waals surface area contributed by atoms with Gasteiger partial charge in [0.15, 0.2) is 0 Å². The number of aliphatic hydroxyl groups is 2. The van der Waals surface area contributed by atoms with Gasteiger partial charge in [-0.25, -0.2) is 0 Å². The number of aliphatic hydroxyl groups excluding tert-OH is 2. The lowest BCUT2D eigenvalue weighted by atomic mass is 10.0. The van der Waals surface area contributed by atoms with Gasteiger partial charge in [-0.2, -0.15) is 0 Å². The highest BCUT2D eigenvalue weighted by Crippen LogP contribution is 2.18. The number of carbonyl (C=O) groups excluding carboxylic acids is 2. The standard InChI is InChI=1S/C68H131NO5/c1-3-5-7-9-11-13-15-17-33-38-42-46-50-54-58-62-68(73)74-63-59-55-51-47-43-39-35-32-30-28-26-24-22-20-18-19-21-23-25-27-29-31-34-37-41-45-49-53-57-61-67(72)69-65(64-70)66(71)60-56-52-48-44-40-36-16-14-12-10-8-6-4-2/h17-18,20,33,65-66,70-71H,3-16,19,21-32,34-64H2,1-2H3,(H,69,72)/b20-18-,33-17-. The van der Waals surface area contributed by atoms with Gasteiger partial charge in [-0.1, -0.05) is 308 Å². The third-order valence-electron chi connectivity index (χ3n) is 15.7. The fraction of sp³-hybridized carbons (Fsp3) is 0.912. The molecule has 0 rings (SSSR count). The van der Waals surface area contributed by atoms with Gasteiger partial charge in [-0.3, -0.25) is 9.59 Å². The van der Waals surface area contributed by atoms with Crippen molar-refractivity contribution in [1.82, 2.24) is 5.32 Å². The first-order valence-electron chi connectivity index (χ1n) is 33.6. The van der Waals surface area contributed by atoms with Crippen LogP contribution in [0.2, 0.25) is 0 Å². The Bertz CT molecular complexity index is 1150. The summed E-state index contributed by atoms with van der Waals surface area (Å²) in [6, 6.07) is -0.540. The molecular formula is C68H131NO5. The first-order valence-corrected chi connectivity index (χ1v) is 33.6. The van der Waals surface area contributed by atoms with E-state index in [1.807, 2.05) is 0 Å². The number of carbonyl (C=O) groups is 2. The number of hydrogen-bond donors (Lipinski definition) is 3. The average molecular weight is 1040 g/mol. The van der Waals surface area contributed by atoms with E-state index >= 15 is 0 Å². The van der Waals surface area contributed by atoms with Gasteiger partial charge in [0.2, 0.25) is 5.91 Å². The van der Waals surface area contributed by atoms with Gasteiger partial charge in [-0.15, -0.1) is 0 Å². The summed E-state index contributed by atoms with van der Waals surface area (Å²) in [6.07, 6.45) is 79.3. The summed E-state index contributed by atoms with van der Waals surface area (Å²) in [5.74, 6) is -0.0235. The Balaban J connectivity index is 3.35. The van der Waals surface area contributed by atoms with Crippen LogP contribution in [-0.2, 0) is 14.3 Å². The van der Waals surface area contributed by atoms with Crippen molar-refractivity contribution in [3.05, 3.63) is 24.3 Å². The lowest BCUT2D eigenvalue weighted by Crippen LogP contribution is -2.45. The van der Waals surface area contributed by atoms with Gasteiger partial charge in [0.1, 0.15) is 0 Å². The summed E-state index contributed by atoms with van der Waals surface area (Å²) in [5.41, 5.74) is 0. The average Bonchev–Trinajstić information content (AvgIpc) is 3.40. The molecule has 74 heavy (non-hydrogen) atoms. The molecule has 6 nitrogen and oxygen atoms in total. The van der Waals surface area contributed by atoms with Crippen LogP contribution in [-0.4, -0.2) is 47.4 Å². The zero-order chi connectivity index (χ0) is 53.6. The fourth-order valence-corrected chi connectivity index (χ4v) is 10.6. The van der Waals surface area contributed by atoms with Gasteiger partial charge < -0.3 is 20.3 Å². The fourth-order valence-electron chi connectivity index (χ4n) is 10.6. The molecule has 0 aliphatic heterocycles. The van der Waals surface area contributed by atoms with Crippen molar-refractivity contribution in [2.45, 2.75) is 386 Å². The van der Waals surface area contributed by atoms with E-state index in [0.717, 1.165) is 44.9 Å². The number of unbranched alkanes of at least 4 members (excludes halogenated alkanes) is 48. The molecular weight excluding hydrogens is 911 g/mol. The molecule has 0 aliphatic rings. The second kappa shape index (κ2) is 63.9. The van der Waals surface area contributed by atoms with Crippen molar-refractivity contribution in [1.29, 1.82) is 0 Å². The van der Waals surface area contributed by atoms with E-state index in [4.69, 9.17) is 4.74 Å². The Labute approximate surface area is 462 Å². The molecule has 0 saturated carbocycles. The molecule has 0 aromatic heterocycles. The summed E-state index contributed by atoms with van der Waals surface area (Å²) < 4.78 is 5.49. The van der Waals surface area contributed by atoms with Crippen LogP contribution in [0.4, 0.5) is 0 Å². The maximum absolute atomic E-state index is 12.5. The first kappa shape index (κ1) is 72.3. The monoisotopic (exact) mass is 1040 g/mol. The van der Waals surface area contributed by atoms with Gasteiger partial charge in [0.25, 0.3) is 0 Å². The minimum atomic E-state index is -0.662. The van der Waals surface area contributed by atoms with Crippen molar-refractivity contribution >= 4 is 11.9 Å². The molecule has 1 amide bonds. The highest BCUT2D eigenvalue weighted by Gasteiger charge is 2.20. The maximum atomic E-state index is 12.5. The second-order valence-electron chi connectivity index (χ2n) is 23.1. The quantitative estimate of drug-likeness (QED) is 0.0320. The molecule has 0 spiro atoms. The van der Waals surface area contributed by atoms with E-state index in [1.54, 1.807) is 0 Å². The van der Waals surface area contributed by atoms with Crippen molar-refractivity contribution in [3.63, 3.8) is 0 Å². The molecule has 0 aliphatic carbocycles. The molecule has 0 heterocycles. The first-order chi connectivity index (χ1) is 36.5. The summed E-state index contributed by atoms with van der Waals surface area (Å²) >= 11 is 0. The van der Waals surface area contributed by atoms with E-state index in [-0.39, 0.29) is 18.5 Å². The van der Waals surface area contributed by atoms with Crippen LogP contribution in [0.1, 0.15) is 373 Å². The number of allylic oxidation sites excluding steroid dienone is 4. The zero-order valence-corrected chi connectivity index (χ0v) is 50.1. The third kappa shape index (κ3) is 59.6. The number of rotatable bonds is 63. The summed E-state index contributed by atoms with van der Waals surface area (Å²) in [5, 5.41) is 23.3. The molecule has 0 aromatic rings. The Hall–Kier alpha value is -1.66. The van der Waals surface area contributed by atoms with E-state index in [1.165, 1.54) is 295 Å². The topological polar surface area (TPSA) is 95.9 Å². The van der Waals surface area contributed by atoms with E-state index in [2.05, 4.69) is 43.5 Å². The van der Waals surface area contributed by atoms with Crippen molar-refractivity contribution in [2.24, 2.45) is 0 Å². The van der Waals surface area contributed by atoms with Crippen molar-refractivity contribution in [2.75, 3.05) is 13.2 Å². The van der Waals surface area contributed by atoms with Crippen molar-refractivity contribution in [3.8, 4) is 0 Å². The van der Waals surface area contributed by atoms with Crippen LogP contribution in [0.15, 0.2) is 24.3 Å². The Morgan fingerprint density at radius 2 is 0.635 bits per heavy atom. The lowest BCUT2D eigenvalue weighted by Gasteiger charge is -2.22. The Morgan fingerprint density at radius 3 is 0.959 bits per heavy atom. The molecule has 3 N–H and O–H groups in total. The highest BCUT2D eigenvalue weighted by molar-refractivity contribution is 5.76. The lowest BCUT2D eigenvalue weighted by molar-refractivity contribution is -0.143.